The Kier molecular flexibility index (Phi) is 2.17. The van der Waals surface area contributed by atoms with Crippen LogP contribution in [-0.4, -0.2) is 19.5 Å². The lowest BCUT2D eigenvalue weighted by molar-refractivity contribution is 0.743. The highest BCUT2D eigenvalue weighted by Gasteiger charge is 2.26. The van der Waals surface area contributed by atoms with E-state index in [4.69, 9.17) is 5.73 Å². The van der Waals surface area contributed by atoms with Crippen molar-refractivity contribution in [1.29, 1.82) is 0 Å². The van der Waals surface area contributed by atoms with E-state index < -0.39 is 0 Å². The summed E-state index contributed by atoms with van der Waals surface area (Å²) in [5, 5.41) is 0. The predicted molar refractivity (Wildman–Crippen MR) is 63.6 cm³/mol. The number of nitrogen functional groups attached to an aromatic ring is 1. The fourth-order valence-corrected chi connectivity index (χ4v) is 1.82. The lowest BCUT2D eigenvalue weighted by Crippen LogP contribution is -2.01. The van der Waals surface area contributed by atoms with Gasteiger partial charge in [0.25, 0.3) is 0 Å². The normalized spacial score (nSPS) is 15.3. The zero-order valence-corrected chi connectivity index (χ0v) is 10.1. The van der Waals surface area contributed by atoms with Crippen molar-refractivity contribution < 1.29 is 0 Å². The molecule has 2 aromatic heterocycles. The first-order valence-electron chi connectivity index (χ1n) is 5.06. The Labute approximate surface area is 101 Å². The molecule has 0 bridgehead atoms. The summed E-state index contributed by atoms with van der Waals surface area (Å²) < 4.78 is 2.83. The number of nitrogens with two attached hydrogens (primary N) is 1. The molecular formula is C10H10BrN5. The van der Waals surface area contributed by atoms with Gasteiger partial charge in [-0.15, -0.1) is 0 Å². The minimum atomic E-state index is 0.452. The van der Waals surface area contributed by atoms with E-state index in [0.29, 0.717) is 22.2 Å². The minimum Gasteiger partial charge on any atom is -0.383 e. The molecule has 2 N–H and O–H groups in total. The van der Waals surface area contributed by atoms with Gasteiger partial charge in [0.2, 0.25) is 0 Å². The smallest absolute Gasteiger partial charge is 0.179 e. The molecule has 0 unspecified atom stereocenters. The lowest BCUT2D eigenvalue weighted by Gasteiger charge is -2.05. The number of hydrogen-bond donors (Lipinski definition) is 1. The molecule has 5 nitrogen and oxygen atoms in total. The van der Waals surface area contributed by atoms with Crippen LogP contribution in [-0.2, 0) is 0 Å². The molecular weight excluding hydrogens is 270 g/mol. The van der Waals surface area contributed by atoms with Crippen molar-refractivity contribution in [1.82, 2.24) is 19.5 Å². The third kappa shape index (κ3) is 1.59. The molecule has 0 spiro atoms. The number of rotatable bonds is 2. The topological polar surface area (TPSA) is 69.6 Å². The second-order valence-electron chi connectivity index (χ2n) is 3.84. The van der Waals surface area contributed by atoms with Crippen molar-refractivity contribution in [2.24, 2.45) is 0 Å². The van der Waals surface area contributed by atoms with E-state index in [-0.39, 0.29) is 0 Å². The van der Waals surface area contributed by atoms with Crippen molar-refractivity contribution in [2.75, 3.05) is 5.73 Å². The van der Waals surface area contributed by atoms with E-state index in [1.165, 1.54) is 12.8 Å². The van der Waals surface area contributed by atoms with Gasteiger partial charge in [0.15, 0.2) is 5.82 Å². The van der Waals surface area contributed by atoms with Crippen molar-refractivity contribution in [3.05, 3.63) is 23.2 Å². The summed E-state index contributed by atoms with van der Waals surface area (Å²) in [7, 11) is 0. The molecule has 1 aliphatic carbocycles. The Hall–Kier alpha value is -1.43. The van der Waals surface area contributed by atoms with E-state index >= 15 is 0 Å². The summed E-state index contributed by atoms with van der Waals surface area (Å²) in [6.45, 7) is 0. The first kappa shape index (κ1) is 9.77. The van der Waals surface area contributed by atoms with Crippen molar-refractivity contribution >= 4 is 21.7 Å². The summed E-state index contributed by atoms with van der Waals surface area (Å²) in [5.41, 5.74) is 6.67. The largest absolute Gasteiger partial charge is 0.383 e. The minimum absolute atomic E-state index is 0.452. The number of aromatic nitrogens is 4. The standard InChI is InChI=1S/C10H10BrN5/c11-7-3-14-10(15-9(7)12)8-4-13-5-16(8)6-1-2-6/h3-6H,1-2H2,(H2,12,14,15). The van der Waals surface area contributed by atoms with Crippen LogP contribution in [0.15, 0.2) is 23.2 Å². The molecule has 2 aromatic rings. The monoisotopic (exact) mass is 279 g/mol. The zero-order valence-electron chi connectivity index (χ0n) is 8.47. The molecule has 0 amide bonds. The van der Waals surface area contributed by atoms with Gasteiger partial charge in [-0.2, -0.15) is 0 Å². The number of nitrogens with zero attached hydrogens (tertiary/aromatic N) is 4. The zero-order chi connectivity index (χ0) is 11.1. The number of imidazole rings is 1. The molecule has 1 fully saturated rings. The molecule has 3 rings (SSSR count). The second-order valence-corrected chi connectivity index (χ2v) is 4.70. The van der Waals surface area contributed by atoms with Crippen LogP contribution in [0.5, 0.6) is 0 Å². The number of anilines is 1. The summed E-state index contributed by atoms with van der Waals surface area (Å²) in [5.74, 6) is 1.08. The number of halogens is 1. The summed E-state index contributed by atoms with van der Waals surface area (Å²) >= 11 is 3.28. The van der Waals surface area contributed by atoms with Crippen LogP contribution in [0.1, 0.15) is 18.9 Å². The average Bonchev–Trinajstić information content (AvgIpc) is 3.01. The van der Waals surface area contributed by atoms with Crippen LogP contribution in [0.3, 0.4) is 0 Å². The van der Waals surface area contributed by atoms with Crippen molar-refractivity contribution in [2.45, 2.75) is 18.9 Å². The van der Waals surface area contributed by atoms with Gasteiger partial charge in [-0.25, -0.2) is 15.0 Å². The first-order chi connectivity index (χ1) is 7.75. The van der Waals surface area contributed by atoms with Crippen molar-refractivity contribution in [3.8, 4) is 11.5 Å². The molecule has 82 valence electrons. The molecule has 0 radical (unpaired) electrons. The van der Waals surface area contributed by atoms with Crippen molar-refractivity contribution in [3.63, 3.8) is 0 Å². The molecule has 1 saturated carbocycles. The maximum atomic E-state index is 5.74. The van der Waals surface area contributed by atoms with Gasteiger partial charge in [0.05, 0.1) is 17.0 Å². The van der Waals surface area contributed by atoms with Gasteiger partial charge in [-0.1, -0.05) is 0 Å². The predicted octanol–water partition coefficient (Wildman–Crippen LogP) is 2.02. The molecule has 6 heteroatoms. The van der Waals surface area contributed by atoms with Crippen LogP contribution in [0.2, 0.25) is 0 Å². The molecule has 16 heavy (non-hydrogen) atoms. The van der Waals surface area contributed by atoms with Crippen LogP contribution < -0.4 is 5.73 Å². The van der Waals surface area contributed by atoms with E-state index in [0.717, 1.165) is 5.69 Å². The van der Waals surface area contributed by atoms with Gasteiger partial charge < -0.3 is 10.3 Å². The quantitative estimate of drug-likeness (QED) is 0.913. The highest BCUT2D eigenvalue weighted by atomic mass is 79.9. The van der Waals surface area contributed by atoms with E-state index in [1.54, 1.807) is 12.4 Å². The van der Waals surface area contributed by atoms with Gasteiger partial charge in [0.1, 0.15) is 11.5 Å². The second kappa shape index (κ2) is 3.55. The van der Waals surface area contributed by atoms with Gasteiger partial charge in [0, 0.05) is 12.2 Å². The van der Waals surface area contributed by atoms with Gasteiger partial charge in [-0.3, -0.25) is 0 Å². The summed E-state index contributed by atoms with van der Waals surface area (Å²) in [6.07, 6.45) is 7.68. The highest BCUT2D eigenvalue weighted by Crippen LogP contribution is 2.37. The Balaban J connectivity index is 2.07. The fourth-order valence-electron chi connectivity index (χ4n) is 1.63. The molecule has 2 heterocycles. The molecule has 0 aromatic carbocycles. The average molecular weight is 280 g/mol. The molecule has 1 aliphatic rings. The maximum Gasteiger partial charge on any atom is 0.179 e. The lowest BCUT2D eigenvalue weighted by atomic mass is 10.4. The van der Waals surface area contributed by atoms with E-state index in [1.807, 2.05) is 6.33 Å². The van der Waals surface area contributed by atoms with Crippen LogP contribution in [0.4, 0.5) is 5.82 Å². The number of hydrogen-bond acceptors (Lipinski definition) is 4. The molecule has 0 saturated heterocycles. The maximum absolute atomic E-state index is 5.74. The third-order valence-corrected chi connectivity index (χ3v) is 3.22. The SMILES string of the molecule is Nc1nc(-c2cncn2C2CC2)ncc1Br. The molecule has 0 atom stereocenters. The van der Waals surface area contributed by atoms with Gasteiger partial charge in [-0.05, 0) is 28.8 Å². The fraction of sp³-hybridized carbons (Fsp3) is 0.300. The van der Waals surface area contributed by atoms with E-state index in [2.05, 4.69) is 35.4 Å². The first-order valence-corrected chi connectivity index (χ1v) is 5.85. The Morgan fingerprint density at radius 1 is 1.38 bits per heavy atom. The Morgan fingerprint density at radius 3 is 2.88 bits per heavy atom. The van der Waals surface area contributed by atoms with Gasteiger partial charge >= 0.3 is 0 Å². The van der Waals surface area contributed by atoms with Crippen LogP contribution in [0, 0.1) is 0 Å². The Bertz CT molecular complexity index is 532. The summed E-state index contributed by atoms with van der Waals surface area (Å²) in [6, 6.07) is 0.561. The van der Waals surface area contributed by atoms with Crippen LogP contribution in [0.25, 0.3) is 11.5 Å². The van der Waals surface area contributed by atoms with Crippen LogP contribution >= 0.6 is 15.9 Å². The molecule has 0 aliphatic heterocycles. The summed E-state index contributed by atoms with van der Waals surface area (Å²) in [4.78, 5) is 12.6. The Morgan fingerprint density at radius 2 is 2.19 bits per heavy atom. The highest BCUT2D eigenvalue weighted by molar-refractivity contribution is 9.10. The van der Waals surface area contributed by atoms with E-state index in [9.17, 15) is 0 Å². The third-order valence-electron chi connectivity index (χ3n) is 2.61.